The molecule has 0 atom stereocenters. The third-order valence-corrected chi connectivity index (χ3v) is 3.05. The summed E-state index contributed by atoms with van der Waals surface area (Å²) in [6.07, 6.45) is -4.89. The molecular weight excluding hydrogens is 282 g/mol. The van der Waals surface area contributed by atoms with E-state index in [0.29, 0.717) is 6.07 Å². The van der Waals surface area contributed by atoms with Crippen LogP contribution in [0.15, 0.2) is 18.2 Å². The molecule has 108 valence electrons. The minimum absolute atomic E-state index is 0.135. The Morgan fingerprint density at radius 1 is 1.25 bits per heavy atom. The first kappa shape index (κ1) is 14.3. The van der Waals surface area contributed by atoms with Gasteiger partial charge in [0.25, 0.3) is 5.91 Å². The van der Waals surface area contributed by atoms with Gasteiger partial charge < -0.3 is 10.0 Å². The van der Waals surface area contributed by atoms with E-state index in [0.717, 1.165) is 17.0 Å². The number of halogens is 4. The summed E-state index contributed by atoms with van der Waals surface area (Å²) in [7, 11) is 0. The van der Waals surface area contributed by atoms with Gasteiger partial charge in [0.2, 0.25) is 0 Å². The molecule has 1 aromatic carbocycles. The van der Waals surface area contributed by atoms with Gasteiger partial charge in [-0.25, -0.2) is 4.39 Å². The molecule has 1 fully saturated rings. The molecule has 1 saturated heterocycles. The lowest BCUT2D eigenvalue weighted by atomic mass is 9.98. The highest BCUT2D eigenvalue weighted by molar-refractivity contribution is 5.96. The second kappa shape index (κ2) is 4.77. The molecule has 0 saturated carbocycles. The Balaban J connectivity index is 2.22. The number of hydrogen-bond donors (Lipinski definition) is 1. The third kappa shape index (κ3) is 2.45. The number of carbonyl (C=O) groups is 2. The maximum absolute atomic E-state index is 13.7. The van der Waals surface area contributed by atoms with E-state index in [4.69, 9.17) is 5.11 Å². The summed E-state index contributed by atoms with van der Waals surface area (Å²) >= 11 is 0. The molecule has 1 aromatic rings. The van der Waals surface area contributed by atoms with Gasteiger partial charge in [-0.15, -0.1) is 0 Å². The Morgan fingerprint density at radius 3 is 2.35 bits per heavy atom. The van der Waals surface area contributed by atoms with Crippen molar-refractivity contribution < 1.29 is 32.3 Å². The summed E-state index contributed by atoms with van der Waals surface area (Å²) in [5.41, 5.74) is -2.22. The smallest absolute Gasteiger partial charge is 0.419 e. The largest absolute Gasteiger partial charge is 0.481 e. The Hall–Kier alpha value is -2.12. The van der Waals surface area contributed by atoms with Crippen LogP contribution in [0, 0.1) is 11.7 Å². The predicted octanol–water partition coefficient (Wildman–Crippen LogP) is 2.00. The monoisotopic (exact) mass is 291 g/mol. The minimum atomic E-state index is -4.89. The molecule has 0 aromatic heterocycles. The molecule has 2 rings (SSSR count). The highest BCUT2D eigenvalue weighted by atomic mass is 19.4. The maximum atomic E-state index is 13.7. The molecule has 1 aliphatic rings. The summed E-state index contributed by atoms with van der Waals surface area (Å²) in [6.45, 7) is -0.270. The van der Waals surface area contributed by atoms with E-state index in [-0.39, 0.29) is 13.1 Å². The Kier molecular flexibility index (Phi) is 3.41. The van der Waals surface area contributed by atoms with Gasteiger partial charge in [0, 0.05) is 13.1 Å². The fourth-order valence-electron chi connectivity index (χ4n) is 1.89. The third-order valence-electron chi connectivity index (χ3n) is 3.05. The molecule has 0 unspecified atom stereocenters. The number of amides is 1. The quantitative estimate of drug-likeness (QED) is 0.848. The fraction of sp³-hybridized carbons (Fsp3) is 0.333. The molecular formula is C12H9F4NO3. The first-order valence-electron chi connectivity index (χ1n) is 5.59. The molecule has 1 amide bonds. The van der Waals surface area contributed by atoms with Crippen molar-refractivity contribution in [1.82, 2.24) is 4.90 Å². The molecule has 4 nitrogen and oxygen atoms in total. The average Bonchev–Trinajstić information content (AvgIpc) is 2.24. The number of rotatable bonds is 2. The van der Waals surface area contributed by atoms with E-state index >= 15 is 0 Å². The van der Waals surface area contributed by atoms with E-state index in [9.17, 15) is 27.2 Å². The lowest BCUT2D eigenvalue weighted by Gasteiger charge is -2.36. The summed E-state index contributed by atoms with van der Waals surface area (Å²) in [5.74, 6) is -4.43. The highest BCUT2D eigenvalue weighted by Crippen LogP contribution is 2.33. The fourth-order valence-corrected chi connectivity index (χ4v) is 1.89. The normalized spacial score (nSPS) is 15.9. The Bertz CT molecular complexity index is 564. The summed E-state index contributed by atoms with van der Waals surface area (Å²) in [4.78, 5) is 23.4. The topological polar surface area (TPSA) is 57.6 Å². The van der Waals surface area contributed by atoms with E-state index in [1.807, 2.05) is 0 Å². The van der Waals surface area contributed by atoms with Crippen molar-refractivity contribution in [3.63, 3.8) is 0 Å². The van der Waals surface area contributed by atoms with Gasteiger partial charge in [-0.3, -0.25) is 9.59 Å². The van der Waals surface area contributed by atoms with Gasteiger partial charge in [0.1, 0.15) is 5.82 Å². The van der Waals surface area contributed by atoms with Crippen molar-refractivity contribution in [2.24, 2.45) is 5.92 Å². The van der Waals surface area contributed by atoms with Gasteiger partial charge >= 0.3 is 12.1 Å². The van der Waals surface area contributed by atoms with Crippen LogP contribution in [-0.2, 0) is 11.0 Å². The van der Waals surface area contributed by atoms with Crippen molar-refractivity contribution in [2.75, 3.05) is 13.1 Å². The highest BCUT2D eigenvalue weighted by Gasteiger charge is 2.39. The average molecular weight is 291 g/mol. The van der Waals surface area contributed by atoms with Gasteiger partial charge in [0.15, 0.2) is 0 Å². The number of alkyl halides is 3. The van der Waals surface area contributed by atoms with E-state index in [1.54, 1.807) is 0 Å². The number of aliphatic carboxylic acids is 1. The molecule has 1 N–H and O–H groups in total. The number of benzene rings is 1. The van der Waals surface area contributed by atoms with Crippen LogP contribution in [0.2, 0.25) is 0 Å². The summed E-state index contributed by atoms with van der Waals surface area (Å²) in [6, 6.07) is 2.43. The second-order valence-electron chi connectivity index (χ2n) is 4.41. The lowest BCUT2D eigenvalue weighted by molar-refractivity contribution is -0.146. The standard InChI is InChI=1S/C12H9F4NO3/c13-9-7(2-1-3-8(9)12(14,15)16)10(18)17-4-6(5-17)11(19)20/h1-3,6H,4-5H2,(H,19,20). The SMILES string of the molecule is O=C(O)C1CN(C(=O)c2cccc(C(F)(F)F)c2F)C1. The number of carboxylic acid groups (broad SMARTS) is 1. The van der Waals surface area contributed by atoms with Crippen LogP contribution in [0.4, 0.5) is 17.6 Å². The van der Waals surface area contributed by atoms with E-state index in [2.05, 4.69) is 0 Å². The summed E-state index contributed by atoms with van der Waals surface area (Å²) in [5, 5.41) is 8.65. The van der Waals surface area contributed by atoms with E-state index in [1.165, 1.54) is 0 Å². The molecule has 0 spiro atoms. The zero-order chi connectivity index (χ0) is 15.1. The number of carbonyl (C=O) groups excluding carboxylic acids is 1. The van der Waals surface area contributed by atoms with Gasteiger partial charge in [0.05, 0.1) is 17.0 Å². The van der Waals surface area contributed by atoms with E-state index < -0.39 is 40.9 Å². The molecule has 20 heavy (non-hydrogen) atoms. The van der Waals surface area contributed by atoms with Crippen LogP contribution < -0.4 is 0 Å². The molecule has 8 heteroatoms. The molecule has 0 radical (unpaired) electrons. The van der Waals surface area contributed by atoms with Crippen LogP contribution >= 0.6 is 0 Å². The van der Waals surface area contributed by atoms with Crippen LogP contribution in [0.3, 0.4) is 0 Å². The molecule has 0 bridgehead atoms. The van der Waals surface area contributed by atoms with Crippen LogP contribution in [-0.4, -0.2) is 35.0 Å². The Labute approximate surface area is 110 Å². The van der Waals surface area contributed by atoms with Gasteiger partial charge in [-0.1, -0.05) is 6.07 Å². The zero-order valence-electron chi connectivity index (χ0n) is 9.95. The number of carboxylic acids is 1. The minimum Gasteiger partial charge on any atom is -0.481 e. The van der Waals surface area contributed by atoms with Crippen LogP contribution in [0.1, 0.15) is 15.9 Å². The number of hydrogen-bond acceptors (Lipinski definition) is 2. The van der Waals surface area contributed by atoms with Crippen molar-refractivity contribution in [1.29, 1.82) is 0 Å². The first-order chi connectivity index (χ1) is 9.21. The van der Waals surface area contributed by atoms with Crippen molar-refractivity contribution in [2.45, 2.75) is 6.18 Å². The van der Waals surface area contributed by atoms with Gasteiger partial charge in [-0.05, 0) is 12.1 Å². The lowest BCUT2D eigenvalue weighted by Crippen LogP contribution is -2.53. The van der Waals surface area contributed by atoms with Gasteiger partial charge in [-0.2, -0.15) is 13.2 Å². The Morgan fingerprint density at radius 2 is 1.85 bits per heavy atom. The zero-order valence-corrected chi connectivity index (χ0v) is 9.95. The summed E-state index contributed by atoms with van der Waals surface area (Å²) < 4.78 is 51.3. The first-order valence-corrected chi connectivity index (χ1v) is 5.59. The molecule has 1 heterocycles. The molecule has 0 aliphatic carbocycles. The van der Waals surface area contributed by atoms with Crippen molar-refractivity contribution >= 4 is 11.9 Å². The molecule has 1 aliphatic heterocycles. The predicted molar refractivity (Wildman–Crippen MR) is 58.4 cm³/mol. The number of nitrogens with zero attached hydrogens (tertiary/aromatic N) is 1. The van der Waals surface area contributed by atoms with Crippen LogP contribution in [0.25, 0.3) is 0 Å². The number of likely N-dealkylation sites (tertiary alicyclic amines) is 1. The van der Waals surface area contributed by atoms with Crippen LogP contribution in [0.5, 0.6) is 0 Å². The van der Waals surface area contributed by atoms with Crippen molar-refractivity contribution in [3.05, 3.63) is 35.1 Å². The maximum Gasteiger partial charge on any atom is 0.419 e. The van der Waals surface area contributed by atoms with Crippen molar-refractivity contribution in [3.8, 4) is 0 Å². The second-order valence-corrected chi connectivity index (χ2v) is 4.41.